The third-order valence-corrected chi connectivity index (χ3v) is 15.1. The smallest absolute Gasteiger partial charge is 0.412 e. The zero-order chi connectivity index (χ0) is 49.8. The Morgan fingerprint density at radius 1 is 0.901 bits per heavy atom. The molecule has 2 heterocycles. The molecule has 3 N–H and O–H groups in total. The van der Waals surface area contributed by atoms with Crippen LogP contribution in [-0.2, 0) is 25.6 Å². The number of hydrogen-bond acceptors (Lipinski definition) is 11. The number of carbonyl (C=O) groups excluding carboxylic acids is 2. The van der Waals surface area contributed by atoms with Crippen LogP contribution in [-0.4, -0.2) is 91.2 Å². The van der Waals surface area contributed by atoms with Crippen molar-refractivity contribution < 1.29 is 48.3 Å². The lowest BCUT2D eigenvalue weighted by Gasteiger charge is -2.59. The molecule has 7 atom stereocenters. The van der Waals surface area contributed by atoms with E-state index in [1.165, 1.54) is 52.1 Å². The van der Waals surface area contributed by atoms with Gasteiger partial charge in [0.15, 0.2) is 0 Å². The van der Waals surface area contributed by atoms with Crippen LogP contribution in [0.15, 0.2) is 90.1 Å². The van der Waals surface area contributed by atoms with Gasteiger partial charge in [0, 0.05) is 44.1 Å². The minimum absolute atomic E-state index is 0.0176. The van der Waals surface area contributed by atoms with Crippen molar-refractivity contribution in [1.82, 2.24) is 10.2 Å². The number of ether oxygens (including phenoxy) is 5. The second-order valence-corrected chi connectivity index (χ2v) is 19.9. The number of nitrogens with one attached hydrogen (secondary N) is 1. The van der Waals surface area contributed by atoms with Crippen molar-refractivity contribution in [3.63, 3.8) is 0 Å². The molecule has 2 aliphatic carbocycles. The Kier molecular flexibility index (Phi) is 21.0. The molecule has 3 aromatic carbocycles. The van der Waals surface area contributed by atoms with Crippen molar-refractivity contribution in [2.24, 2.45) is 22.9 Å². The molecule has 7 rings (SSSR count). The Bertz CT molecular complexity index is 2220. The van der Waals surface area contributed by atoms with Gasteiger partial charge < -0.3 is 44.1 Å². The Balaban J connectivity index is 1.29. The molecule has 4 aliphatic rings. The van der Waals surface area contributed by atoms with Crippen LogP contribution in [0.4, 0.5) is 9.59 Å². The third kappa shape index (κ3) is 13.8. The van der Waals surface area contributed by atoms with Crippen LogP contribution in [0.5, 0.6) is 11.5 Å². The molecule has 0 radical (unpaired) electrons. The van der Waals surface area contributed by atoms with Crippen LogP contribution in [0.1, 0.15) is 152 Å². The molecule has 0 aromatic heterocycles. The van der Waals surface area contributed by atoms with Crippen molar-refractivity contribution >= 4 is 28.7 Å². The molecule has 2 fully saturated rings. The average molecular weight is 980 g/mol. The first kappa shape index (κ1) is 53.8. The normalized spacial score (nSPS) is 24.0. The summed E-state index contributed by atoms with van der Waals surface area (Å²) in [5.74, 6) is -1.42. The molecule has 7 unspecified atom stereocenters. The quantitative estimate of drug-likeness (QED) is 0.0363. The van der Waals surface area contributed by atoms with Crippen molar-refractivity contribution in [3.8, 4) is 11.5 Å². The van der Waals surface area contributed by atoms with E-state index in [9.17, 15) is 19.8 Å². The van der Waals surface area contributed by atoms with Crippen LogP contribution in [0, 0.1) is 17.8 Å². The molecule has 1 saturated carbocycles. The number of hydrogen-bond donors (Lipinski definition) is 3. The number of amides is 2. The summed E-state index contributed by atoms with van der Waals surface area (Å²) in [6.07, 6.45) is 21.7. The monoisotopic (exact) mass is 980 g/mol. The average Bonchev–Trinajstić information content (AvgIpc) is 3.39. The summed E-state index contributed by atoms with van der Waals surface area (Å²) in [6, 6.07) is 19.0. The van der Waals surface area contributed by atoms with Crippen LogP contribution in [0.2, 0.25) is 0 Å². The van der Waals surface area contributed by atoms with Gasteiger partial charge in [0.25, 0.3) is 0 Å². The van der Waals surface area contributed by atoms with Gasteiger partial charge >= 0.3 is 12.2 Å². The Morgan fingerprint density at radius 2 is 1.65 bits per heavy atom. The van der Waals surface area contributed by atoms with Gasteiger partial charge in [0.1, 0.15) is 17.5 Å². The van der Waals surface area contributed by atoms with Gasteiger partial charge in [0.05, 0.1) is 38.5 Å². The van der Waals surface area contributed by atoms with E-state index in [0.29, 0.717) is 49.6 Å². The van der Waals surface area contributed by atoms with E-state index in [-0.39, 0.29) is 50.5 Å². The van der Waals surface area contributed by atoms with E-state index < -0.39 is 36.2 Å². The maximum Gasteiger partial charge on any atom is 0.412 e. The molecular formula is C58H81N3O10. The molecule has 1 saturated heterocycles. The first-order valence-electron chi connectivity index (χ1n) is 27.0. The highest BCUT2D eigenvalue weighted by Gasteiger charge is 2.66. The molecule has 13 nitrogen and oxygen atoms in total. The third-order valence-electron chi connectivity index (χ3n) is 15.1. The summed E-state index contributed by atoms with van der Waals surface area (Å²) in [7, 11) is 1.39. The number of oxime groups is 1. The zero-order valence-electron chi connectivity index (χ0n) is 42.5. The topological polar surface area (TPSA) is 158 Å². The summed E-state index contributed by atoms with van der Waals surface area (Å²) in [5, 5.41) is 30.1. The molecular weight excluding hydrogens is 899 g/mol. The number of aliphatic hydroxyl groups excluding tert-OH is 2. The molecule has 0 spiro atoms. The van der Waals surface area contributed by atoms with Gasteiger partial charge in [-0.25, -0.2) is 9.59 Å². The second-order valence-electron chi connectivity index (χ2n) is 19.9. The number of nitrogens with zero attached hydrogens (tertiary/aromatic N) is 2. The van der Waals surface area contributed by atoms with E-state index in [1.807, 2.05) is 36.4 Å². The summed E-state index contributed by atoms with van der Waals surface area (Å²) in [5.41, 5.74) is 3.35. The van der Waals surface area contributed by atoms with Crippen molar-refractivity contribution in [2.45, 2.75) is 166 Å². The maximum absolute atomic E-state index is 14.6. The van der Waals surface area contributed by atoms with Crippen LogP contribution >= 0.6 is 0 Å². The van der Waals surface area contributed by atoms with E-state index in [4.69, 9.17) is 33.7 Å². The number of unbranched alkanes of at least 4 members (excludes halogenated alkanes) is 11. The van der Waals surface area contributed by atoms with Crippen molar-refractivity contribution in [3.05, 3.63) is 96.1 Å². The number of rotatable bonds is 28. The van der Waals surface area contributed by atoms with E-state index >= 15 is 0 Å². The maximum atomic E-state index is 14.6. The van der Waals surface area contributed by atoms with Crippen LogP contribution < -0.4 is 14.8 Å². The highest BCUT2D eigenvalue weighted by molar-refractivity contribution is 6.03. The van der Waals surface area contributed by atoms with Gasteiger partial charge in [-0.3, -0.25) is 4.90 Å². The molecule has 71 heavy (non-hydrogen) atoms. The Hall–Kier alpha value is -4.95. The van der Waals surface area contributed by atoms with E-state index in [2.05, 4.69) is 43.1 Å². The lowest BCUT2D eigenvalue weighted by Crippen LogP contribution is -2.70. The fraction of sp³-hybridized carbons (Fsp3) is 0.603. The minimum atomic E-state index is -1.50. The van der Waals surface area contributed by atoms with Crippen LogP contribution in [0.25, 0.3) is 10.8 Å². The predicted octanol–water partition coefficient (Wildman–Crippen LogP) is 12.3. The number of fused-ring (bicyclic) bond motifs is 3. The molecule has 0 bridgehead atoms. The molecule has 2 aliphatic heterocycles. The fourth-order valence-electron chi connectivity index (χ4n) is 11.6. The Labute approximate surface area is 422 Å². The first-order chi connectivity index (χ1) is 34.8. The summed E-state index contributed by atoms with van der Waals surface area (Å²) < 4.78 is 32.3. The van der Waals surface area contributed by atoms with Gasteiger partial charge in [-0.2, -0.15) is 0 Å². The second kappa shape index (κ2) is 27.8. The predicted molar refractivity (Wildman–Crippen MR) is 277 cm³/mol. The fourth-order valence-corrected chi connectivity index (χ4v) is 11.6. The summed E-state index contributed by atoms with van der Waals surface area (Å²) in [6.45, 7) is 7.87. The SMILES string of the molecule is C=CCOC12Oc3ccc(OC(=O)NCCCCCCCCCCCC)cc3C3C(CCCCO)C(CCCCO)C=C(C(=NOC4CCCCO4)CC1N(Cc1cccc4ccccc14)C(=O)OC)C32. The highest BCUT2D eigenvalue weighted by atomic mass is 16.8. The van der Waals surface area contributed by atoms with Crippen molar-refractivity contribution in [1.29, 1.82) is 0 Å². The number of benzene rings is 3. The molecule has 388 valence electrons. The number of methoxy groups -OCH3 is 1. The minimum Gasteiger partial charge on any atom is -0.459 e. The lowest BCUT2D eigenvalue weighted by molar-refractivity contribution is -0.256. The number of carbonyl (C=O) groups is 2. The van der Waals surface area contributed by atoms with Gasteiger partial charge in [-0.1, -0.05) is 137 Å². The highest BCUT2D eigenvalue weighted by Crippen LogP contribution is 2.62. The number of allylic oxidation sites excluding steroid dienone is 1. The number of aliphatic hydroxyl groups is 2. The Morgan fingerprint density at radius 3 is 2.38 bits per heavy atom. The molecule has 2 amide bonds. The molecule has 3 aromatic rings. The van der Waals surface area contributed by atoms with E-state index in [0.717, 1.165) is 85.3 Å². The van der Waals surface area contributed by atoms with Crippen LogP contribution in [0.3, 0.4) is 0 Å². The van der Waals surface area contributed by atoms with Crippen molar-refractivity contribution in [2.75, 3.05) is 40.1 Å². The first-order valence-corrected chi connectivity index (χ1v) is 27.0. The van der Waals surface area contributed by atoms with E-state index in [1.54, 1.807) is 17.0 Å². The van der Waals surface area contributed by atoms with Gasteiger partial charge in [0.2, 0.25) is 12.1 Å². The zero-order valence-corrected chi connectivity index (χ0v) is 42.5. The summed E-state index contributed by atoms with van der Waals surface area (Å²) in [4.78, 5) is 36.1. The largest absolute Gasteiger partial charge is 0.459 e. The lowest BCUT2D eigenvalue weighted by atomic mass is 9.55. The van der Waals surface area contributed by atoms with Gasteiger partial charge in [-0.05, 0) is 96.9 Å². The summed E-state index contributed by atoms with van der Waals surface area (Å²) >= 11 is 0. The standard InChI is InChI=1S/C58H81N3O10/c1-4-6-7-8-9-10-11-12-13-19-33-59-56(64)69-45-31-32-51-49(39-45)54-47(29-17-21-35-63)43(25-16-20-34-62)38-48-50(60-71-53-30-18-22-37-67-53)40-52(58(70-51,55(48)54)68-36-5-2)61(57(65)66-3)41-44-27-23-26-42-24-14-15-28-46(42)44/h5,14-15,23-24,26-28,31-32,38-39,43,47,52-55,62-63H,2,4,6-13,16-22,25,29-30,33-37,40-41H2,1,3H3,(H,59,64). The molecule has 13 heteroatoms. The van der Waals surface area contributed by atoms with Gasteiger partial charge in [-0.15, -0.1) is 6.58 Å².